The van der Waals surface area contributed by atoms with Gasteiger partial charge >= 0.3 is 0 Å². The number of fused-ring (bicyclic) bond motifs is 1. The predicted octanol–water partition coefficient (Wildman–Crippen LogP) is 3.24. The van der Waals surface area contributed by atoms with Crippen molar-refractivity contribution in [2.24, 2.45) is 7.05 Å². The van der Waals surface area contributed by atoms with E-state index in [1.165, 1.54) is 33.3 Å². The molecule has 0 fully saturated rings. The Labute approximate surface area is 102 Å². The summed E-state index contributed by atoms with van der Waals surface area (Å²) in [6, 6.07) is 4.38. The normalized spacial score (nSPS) is 11.1. The fourth-order valence-electron chi connectivity index (χ4n) is 2.63. The molecule has 1 aromatic heterocycles. The molecular weight excluding hydrogens is 210 g/mol. The monoisotopic (exact) mass is 229 g/mol. The second kappa shape index (κ2) is 4.02. The number of aromatic nitrogens is 1. The zero-order valence-electron chi connectivity index (χ0n) is 11.2. The average Bonchev–Trinajstić information content (AvgIpc) is 2.43. The zero-order chi connectivity index (χ0) is 12.7. The van der Waals surface area contributed by atoms with E-state index in [0.29, 0.717) is 6.42 Å². The number of benzene rings is 1. The maximum atomic E-state index is 11.4. The van der Waals surface area contributed by atoms with Gasteiger partial charge in [0.2, 0.25) is 0 Å². The van der Waals surface area contributed by atoms with Crippen molar-refractivity contribution in [2.45, 2.75) is 34.1 Å². The van der Waals surface area contributed by atoms with E-state index < -0.39 is 0 Å². The Morgan fingerprint density at radius 3 is 2.47 bits per heavy atom. The molecule has 1 aromatic carbocycles. The third-order valence-electron chi connectivity index (χ3n) is 3.49. The molecule has 2 heteroatoms. The fourth-order valence-corrected chi connectivity index (χ4v) is 2.63. The molecule has 0 bridgehead atoms. The van der Waals surface area contributed by atoms with Crippen molar-refractivity contribution in [3.63, 3.8) is 0 Å². The minimum atomic E-state index is 0.223. The number of ketones is 1. The topological polar surface area (TPSA) is 22.0 Å². The molecule has 0 aliphatic heterocycles. The highest BCUT2D eigenvalue weighted by Gasteiger charge is 2.15. The molecule has 0 aliphatic carbocycles. The summed E-state index contributed by atoms with van der Waals surface area (Å²) < 4.78 is 2.19. The standard InChI is InChI=1S/C15H19NO/c1-9-6-10(2)15-13(8-11(3)17)12(4)16(5)14(15)7-9/h6-7H,8H2,1-5H3. The number of hydrogen-bond donors (Lipinski definition) is 0. The number of hydrogen-bond acceptors (Lipinski definition) is 1. The van der Waals surface area contributed by atoms with E-state index in [-0.39, 0.29) is 5.78 Å². The molecule has 0 saturated heterocycles. The van der Waals surface area contributed by atoms with Gasteiger partial charge in [-0.3, -0.25) is 4.79 Å². The third-order valence-corrected chi connectivity index (χ3v) is 3.49. The molecule has 0 N–H and O–H groups in total. The Hall–Kier alpha value is -1.57. The lowest BCUT2D eigenvalue weighted by molar-refractivity contribution is -0.116. The second-order valence-electron chi connectivity index (χ2n) is 4.98. The lowest BCUT2D eigenvalue weighted by Crippen LogP contribution is -1.99. The summed E-state index contributed by atoms with van der Waals surface area (Å²) in [5.74, 6) is 0.223. The predicted molar refractivity (Wildman–Crippen MR) is 71.5 cm³/mol. The van der Waals surface area contributed by atoms with Crippen LogP contribution in [0.4, 0.5) is 0 Å². The molecule has 1 heterocycles. The number of carbonyl (C=O) groups is 1. The third kappa shape index (κ3) is 1.88. The number of rotatable bonds is 2. The van der Waals surface area contributed by atoms with E-state index in [2.05, 4.69) is 44.5 Å². The minimum absolute atomic E-state index is 0.223. The molecule has 0 amide bonds. The van der Waals surface area contributed by atoms with Gasteiger partial charge in [-0.1, -0.05) is 6.07 Å². The first kappa shape index (κ1) is 11.9. The van der Waals surface area contributed by atoms with E-state index in [1.807, 2.05) is 0 Å². The van der Waals surface area contributed by atoms with Gasteiger partial charge in [0.1, 0.15) is 5.78 Å². The Balaban J connectivity index is 2.83. The van der Waals surface area contributed by atoms with Crippen LogP contribution in [0.2, 0.25) is 0 Å². The molecule has 90 valence electrons. The van der Waals surface area contributed by atoms with E-state index in [1.54, 1.807) is 6.92 Å². The second-order valence-corrected chi connectivity index (χ2v) is 4.98. The van der Waals surface area contributed by atoms with Crippen molar-refractivity contribution < 1.29 is 4.79 Å². The van der Waals surface area contributed by atoms with E-state index in [4.69, 9.17) is 0 Å². The van der Waals surface area contributed by atoms with Gasteiger partial charge < -0.3 is 4.57 Å². The van der Waals surface area contributed by atoms with E-state index in [9.17, 15) is 4.79 Å². The molecule has 0 aliphatic rings. The summed E-state index contributed by atoms with van der Waals surface area (Å²) in [5.41, 5.74) is 6.15. The van der Waals surface area contributed by atoms with Gasteiger partial charge in [0.15, 0.2) is 0 Å². The first-order valence-corrected chi connectivity index (χ1v) is 5.96. The molecule has 0 unspecified atom stereocenters. The summed E-state index contributed by atoms with van der Waals surface area (Å²) in [7, 11) is 2.07. The van der Waals surface area contributed by atoms with Gasteiger partial charge in [-0.25, -0.2) is 0 Å². The fraction of sp³-hybridized carbons (Fsp3) is 0.400. The first-order chi connectivity index (χ1) is 7.91. The molecule has 2 rings (SSSR count). The Morgan fingerprint density at radius 2 is 1.88 bits per heavy atom. The van der Waals surface area contributed by atoms with Gasteiger partial charge in [0.05, 0.1) is 0 Å². The molecule has 0 radical (unpaired) electrons. The van der Waals surface area contributed by atoms with Crippen LogP contribution in [0.15, 0.2) is 12.1 Å². The molecule has 2 aromatic rings. The summed E-state index contributed by atoms with van der Waals surface area (Å²) >= 11 is 0. The highest BCUT2D eigenvalue weighted by Crippen LogP contribution is 2.29. The highest BCUT2D eigenvalue weighted by atomic mass is 16.1. The lowest BCUT2D eigenvalue weighted by atomic mass is 10.0. The maximum Gasteiger partial charge on any atom is 0.134 e. The van der Waals surface area contributed by atoms with Gasteiger partial charge in [-0.15, -0.1) is 0 Å². The molecule has 0 saturated carbocycles. The number of carbonyl (C=O) groups excluding carboxylic acids is 1. The van der Waals surface area contributed by atoms with Crippen LogP contribution < -0.4 is 0 Å². The smallest absolute Gasteiger partial charge is 0.134 e. The van der Waals surface area contributed by atoms with Gasteiger partial charge in [0, 0.05) is 30.1 Å². The van der Waals surface area contributed by atoms with E-state index >= 15 is 0 Å². The quantitative estimate of drug-likeness (QED) is 0.775. The number of Topliss-reactive ketones (excluding diaryl/α,β-unsaturated/α-hetero) is 1. The summed E-state index contributed by atoms with van der Waals surface area (Å²) in [6.45, 7) is 7.98. The number of nitrogens with zero attached hydrogens (tertiary/aromatic N) is 1. The van der Waals surface area contributed by atoms with Gasteiger partial charge in [0.25, 0.3) is 0 Å². The van der Waals surface area contributed by atoms with Gasteiger partial charge in [-0.05, 0) is 50.5 Å². The largest absolute Gasteiger partial charge is 0.348 e. The Bertz CT molecular complexity index is 605. The molecule has 2 nitrogen and oxygen atoms in total. The van der Waals surface area contributed by atoms with Crippen LogP contribution in [0.25, 0.3) is 10.9 Å². The summed E-state index contributed by atoms with van der Waals surface area (Å²) in [6.07, 6.45) is 0.535. The van der Waals surface area contributed by atoms with Gasteiger partial charge in [-0.2, -0.15) is 0 Å². The number of aryl methyl sites for hydroxylation is 3. The van der Waals surface area contributed by atoms with Crippen LogP contribution in [-0.2, 0) is 18.3 Å². The van der Waals surface area contributed by atoms with Crippen LogP contribution in [0, 0.1) is 20.8 Å². The van der Waals surface area contributed by atoms with Crippen molar-refractivity contribution in [1.29, 1.82) is 0 Å². The van der Waals surface area contributed by atoms with E-state index in [0.717, 1.165) is 0 Å². The average molecular weight is 229 g/mol. The molecule has 0 spiro atoms. The van der Waals surface area contributed by atoms with Crippen molar-refractivity contribution in [3.8, 4) is 0 Å². The summed E-state index contributed by atoms with van der Waals surface area (Å²) in [5, 5.41) is 1.26. The SMILES string of the molecule is CC(=O)Cc1c(C)n(C)c2cc(C)cc(C)c12. The van der Waals surface area contributed by atoms with Crippen molar-refractivity contribution in [1.82, 2.24) is 4.57 Å². The Morgan fingerprint density at radius 1 is 1.24 bits per heavy atom. The maximum absolute atomic E-state index is 11.4. The summed E-state index contributed by atoms with van der Waals surface area (Å²) in [4.78, 5) is 11.4. The highest BCUT2D eigenvalue weighted by molar-refractivity contribution is 5.93. The van der Waals surface area contributed by atoms with Crippen molar-refractivity contribution >= 4 is 16.7 Å². The minimum Gasteiger partial charge on any atom is -0.348 e. The first-order valence-electron chi connectivity index (χ1n) is 5.96. The van der Waals surface area contributed by atoms with Crippen LogP contribution in [0.3, 0.4) is 0 Å². The van der Waals surface area contributed by atoms with Crippen molar-refractivity contribution in [3.05, 3.63) is 34.5 Å². The van der Waals surface area contributed by atoms with Crippen LogP contribution >= 0.6 is 0 Å². The Kier molecular flexibility index (Phi) is 2.82. The van der Waals surface area contributed by atoms with Crippen LogP contribution in [-0.4, -0.2) is 10.4 Å². The van der Waals surface area contributed by atoms with Crippen LogP contribution in [0.5, 0.6) is 0 Å². The molecule has 0 atom stereocenters. The zero-order valence-corrected chi connectivity index (χ0v) is 11.2. The lowest BCUT2D eigenvalue weighted by Gasteiger charge is -2.03. The molecular formula is C15H19NO. The molecule has 17 heavy (non-hydrogen) atoms. The van der Waals surface area contributed by atoms with Crippen LogP contribution in [0.1, 0.15) is 29.3 Å². The van der Waals surface area contributed by atoms with Crippen molar-refractivity contribution in [2.75, 3.05) is 0 Å².